The molecule has 0 atom stereocenters. The molecule has 1 aromatic heterocycles. The number of amides is 1. The molecule has 2 aromatic rings. The van der Waals surface area contributed by atoms with Crippen LogP contribution in [0, 0.1) is 21.4 Å². The molecule has 0 spiro atoms. The summed E-state index contributed by atoms with van der Waals surface area (Å²) in [5, 5.41) is 19.3. The standard InChI is InChI=1S/C14H11N3O3S/c15-9-4-10-16(11-5-2-1-3-6-11)14(18)12-7-8-13(21-12)17(19)20/h1-3,5-8H,4,10H2. The van der Waals surface area contributed by atoms with Crippen LogP contribution in [0.25, 0.3) is 0 Å². The maximum atomic E-state index is 12.5. The number of nitriles is 1. The zero-order chi connectivity index (χ0) is 15.2. The van der Waals surface area contributed by atoms with Gasteiger partial charge in [-0.15, -0.1) is 0 Å². The Bertz CT molecular complexity index is 691. The molecule has 0 saturated heterocycles. The number of thiophene rings is 1. The van der Waals surface area contributed by atoms with Crippen molar-refractivity contribution < 1.29 is 9.72 Å². The molecule has 106 valence electrons. The van der Waals surface area contributed by atoms with E-state index < -0.39 is 4.92 Å². The molecule has 2 rings (SSSR count). The molecule has 1 amide bonds. The van der Waals surface area contributed by atoms with Gasteiger partial charge >= 0.3 is 5.00 Å². The van der Waals surface area contributed by atoms with Gasteiger partial charge in [0, 0.05) is 18.3 Å². The van der Waals surface area contributed by atoms with E-state index in [2.05, 4.69) is 0 Å². The first-order chi connectivity index (χ1) is 10.1. The second-order valence-corrected chi connectivity index (χ2v) is 5.16. The lowest BCUT2D eigenvalue weighted by Crippen LogP contribution is -2.31. The molecule has 6 nitrogen and oxygen atoms in total. The van der Waals surface area contributed by atoms with Crippen molar-refractivity contribution in [2.24, 2.45) is 0 Å². The van der Waals surface area contributed by atoms with Crippen LogP contribution in [0.15, 0.2) is 42.5 Å². The van der Waals surface area contributed by atoms with E-state index in [-0.39, 0.29) is 28.8 Å². The Morgan fingerprint density at radius 2 is 2.00 bits per heavy atom. The molecule has 0 bridgehead atoms. The Morgan fingerprint density at radius 3 is 2.57 bits per heavy atom. The number of benzene rings is 1. The smallest absolute Gasteiger partial charge is 0.307 e. The Kier molecular flexibility index (Phi) is 4.64. The maximum Gasteiger partial charge on any atom is 0.324 e. The minimum atomic E-state index is -0.524. The quantitative estimate of drug-likeness (QED) is 0.626. The lowest BCUT2D eigenvalue weighted by Gasteiger charge is -2.20. The van der Waals surface area contributed by atoms with Gasteiger partial charge in [-0.3, -0.25) is 14.9 Å². The maximum absolute atomic E-state index is 12.5. The first kappa shape index (κ1) is 14.7. The van der Waals surface area contributed by atoms with Gasteiger partial charge in [-0.2, -0.15) is 5.26 Å². The molecular formula is C14H11N3O3S. The molecule has 7 heteroatoms. The summed E-state index contributed by atoms with van der Waals surface area (Å²) in [4.78, 5) is 24.4. The number of hydrogen-bond acceptors (Lipinski definition) is 5. The fraction of sp³-hybridized carbons (Fsp3) is 0.143. The molecular weight excluding hydrogens is 290 g/mol. The highest BCUT2D eigenvalue weighted by Gasteiger charge is 2.21. The van der Waals surface area contributed by atoms with Crippen molar-refractivity contribution >= 4 is 27.9 Å². The first-order valence-corrected chi connectivity index (χ1v) is 6.93. The third-order valence-electron chi connectivity index (χ3n) is 2.74. The van der Waals surface area contributed by atoms with E-state index in [9.17, 15) is 14.9 Å². The largest absolute Gasteiger partial charge is 0.324 e. The van der Waals surface area contributed by atoms with Gasteiger partial charge < -0.3 is 4.90 Å². The molecule has 21 heavy (non-hydrogen) atoms. The molecule has 0 N–H and O–H groups in total. The third-order valence-corrected chi connectivity index (χ3v) is 3.77. The topological polar surface area (TPSA) is 87.2 Å². The van der Waals surface area contributed by atoms with Gasteiger partial charge in [0.1, 0.15) is 0 Å². The number of rotatable bonds is 5. The predicted octanol–water partition coefficient (Wildman–Crippen LogP) is 3.22. The van der Waals surface area contributed by atoms with Gasteiger partial charge in [0.05, 0.1) is 22.3 Å². The molecule has 0 fully saturated rings. The molecule has 0 aliphatic rings. The van der Waals surface area contributed by atoms with Gasteiger partial charge in [0.2, 0.25) is 0 Å². The Morgan fingerprint density at radius 1 is 1.29 bits per heavy atom. The van der Waals surface area contributed by atoms with Crippen molar-refractivity contribution in [3.63, 3.8) is 0 Å². The summed E-state index contributed by atoms with van der Waals surface area (Å²) in [6, 6.07) is 13.7. The van der Waals surface area contributed by atoms with E-state index in [0.717, 1.165) is 11.3 Å². The second-order valence-electron chi connectivity index (χ2n) is 4.10. The Labute approximate surface area is 125 Å². The molecule has 0 aliphatic heterocycles. The van der Waals surface area contributed by atoms with Gasteiger partial charge in [-0.1, -0.05) is 29.5 Å². The fourth-order valence-electron chi connectivity index (χ4n) is 1.79. The normalized spacial score (nSPS) is 9.86. The predicted molar refractivity (Wildman–Crippen MR) is 79.3 cm³/mol. The lowest BCUT2D eigenvalue weighted by atomic mass is 10.2. The van der Waals surface area contributed by atoms with Crippen LogP contribution in [0.1, 0.15) is 16.1 Å². The highest BCUT2D eigenvalue weighted by molar-refractivity contribution is 7.17. The van der Waals surface area contributed by atoms with Crippen LogP contribution in [0.4, 0.5) is 10.7 Å². The average molecular weight is 301 g/mol. The average Bonchev–Trinajstić information content (AvgIpc) is 2.98. The van der Waals surface area contributed by atoms with Gasteiger partial charge in [-0.25, -0.2) is 0 Å². The van der Waals surface area contributed by atoms with Crippen LogP contribution >= 0.6 is 11.3 Å². The fourth-order valence-corrected chi connectivity index (χ4v) is 2.56. The van der Waals surface area contributed by atoms with E-state index >= 15 is 0 Å². The van der Waals surface area contributed by atoms with E-state index in [4.69, 9.17) is 5.26 Å². The summed E-state index contributed by atoms with van der Waals surface area (Å²) in [5.41, 5.74) is 0.661. The van der Waals surface area contributed by atoms with E-state index in [1.165, 1.54) is 17.0 Å². The number of nitrogens with zero attached hydrogens (tertiary/aromatic N) is 3. The van der Waals surface area contributed by atoms with Crippen molar-refractivity contribution in [2.45, 2.75) is 6.42 Å². The number of carbonyl (C=O) groups is 1. The molecule has 0 unspecified atom stereocenters. The summed E-state index contributed by atoms with van der Waals surface area (Å²) in [7, 11) is 0. The zero-order valence-electron chi connectivity index (χ0n) is 10.9. The van der Waals surface area contributed by atoms with Crippen molar-refractivity contribution in [2.75, 3.05) is 11.4 Å². The third kappa shape index (κ3) is 3.43. The summed E-state index contributed by atoms with van der Waals surface area (Å²) >= 11 is 0.832. The molecule has 0 saturated carbocycles. The Hall–Kier alpha value is -2.72. The summed E-state index contributed by atoms with van der Waals surface area (Å²) in [5.74, 6) is -0.338. The SMILES string of the molecule is N#CCCN(C(=O)c1ccc([N+](=O)[O-])s1)c1ccccc1. The summed E-state index contributed by atoms with van der Waals surface area (Å²) < 4.78 is 0. The van der Waals surface area contributed by atoms with E-state index in [1.807, 2.05) is 12.1 Å². The van der Waals surface area contributed by atoms with E-state index in [0.29, 0.717) is 5.69 Å². The van der Waals surface area contributed by atoms with Crippen molar-refractivity contribution in [1.82, 2.24) is 0 Å². The number of carbonyl (C=O) groups excluding carboxylic acids is 1. The molecule has 0 aliphatic carbocycles. The van der Waals surface area contributed by atoms with Crippen LogP contribution in [0.3, 0.4) is 0 Å². The van der Waals surface area contributed by atoms with Gasteiger partial charge in [-0.05, 0) is 18.2 Å². The number of hydrogen-bond donors (Lipinski definition) is 0. The minimum absolute atomic E-state index is 0.0772. The number of nitro groups is 1. The summed E-state index contributed by atoms with van der Waals surface area (Å²) in [6.45, 7) is 0.241. The number of anilines is 1. The number of para-hydroxylation sites is 1. The Balaban J connectivity index is 2.29. The summed E-state index contributed by atoms with van der Waals surface area (Å²) in [6.07, 6.45) is 0.189. The van der Waals surface area contributed by atoms with Gasteiger partial charge in [0.25, 0.3) is 5.91 Å². The highest BCUT2D eigenvalue weighted by atomic mass is 32.1. The second kappa shape index (κ2) is 6.63. The lowest BCUT2D eigenvalue weighted by molar-refractivity contribution is -0.380. The zero-order valence-corrected chi connectivity index (χ0v) is 11.7. The van der Waals surface area contributed by atoms with Crippen LogP contribution in [-0.4, -0.2) is 17.4 Å². The van der Waals surface area contributed by atoms with Crippen molar-refractivity contribution in [1.29, 1.82) is 5.26 Å². The monoisotopic (exact) mass is 301 g/mol. The minimum Gasteiger partial charge on any atom is -0.307 e. The highest BCUT2D eigenvalue weighted by Crippen LogP contribution is 2.27. The molecule has 1 heterocycles. The molecule has 0 radical (unpaired) electrons. The van der Waals surface area contributed by atoms with Crippen LogP contribution in [-0.2, 0) is 0 Å². The van der Waals surface area contributed by atoms with E-state index in [1.54, 1.807) is 24.3 Å². The first-order valence-electron chi connectivity index (χ1n) is 6.11. The van der Waals surface area contributed by atoms with Crippen molar-refractivity contribution in [3.8, 4) is 6.07 Å². The van der Waals surface area contributed by atoms with Crippen LogP contribution in [0.2, 0.25) is 0 Å². The van der Waals surface area contributed by atoms with Gasteiger partial charge in [0.15, 0.2) is 0 Å². The van der Waals surface area contributed by atoms with Crippen LogP contribution < -0.4 is 4.90 Å². The van der Waals surface area contributed by atoms with Crippen LogP contribution in [0.5, 0.6) is 0 Å². The van der Waals surface area contributed by atoms with Crippen molar-refractivity contribution in [3.05, 3.63) is 57.5 Å². The molecule has 1 aromatic carbocycles.